The lowest BCUT2D eigenvalue weighted by atomic mass is 10.1. The summed E-state index contributed by atoms with van der Waals surface area (Å²) in [5, 5.41) is 13.9. The van der Waals surface area contributed by atoms with Gasteiger partial charge in [-0.25, -0.2) is 0 Å². The molecular weight excluding hydrogens is 356 g/mol. The van der Waals surface area contributed by atoms with Gasteiger partial charge in [-0.3, -0.25) is 4.57 Å². The first-order chi connectivity index (χ1) is 13.2. The molecule has 0 saturated heterocycles. The molecule has 0 spiro atoms. The van der Waals surface area contributed by atoms with Crippen LogP contribution < -0.4 is 0 Å². The molecule has 6 heteroatoms. The first-order valence-electron chi connectivity index (χ1n) is 8.80. The molecule has 2 aromatic heterocycles. The van der Waals surface area contributed by atoms with Crippen molar-refractivity contribution in [2.24, 2.45) is 0 Å². The van der Waals surface area contributed by atoms with Crippen LogP contribution in [0.3, 0.4) is 0 Å². The van der Waals surface area contributed by atoms with Crippen LogP contribution >= 0.6 is 11.8 Å². The van der Waals surface area contributed by atoms with Crippen LogP contribution in [0.4, 0.5) is 0 Å². The van der Waals surface area contributed by atoms with Crippen molar-refractivity contribution in [2.45, 2.75) is 31.2 Å². The maximum atomic E-state index is 5.28. The molecule has 0 aliphatic heterocycles. The normalized spacial score (nSPS) is 11.0. The van der Waals surface area contributed by atoms with E-state index in [0.29, 0.717) is 0 Å². The summed E-state index contributed by atoms with van der Waals surface area (Å²) in [7, 11) is 0. The van der Waals surface area contributed by atoms with Crippen molar-refractivity contribution in [3.05, 3.63) is 89.1 Å². The fourth-order valence-corrected chi connectivity index (χ4v) is 4.09. The summed E-state index contributed by atoms with van der Waals surface area (Å²) >= 11 is 1.65. The first kappa shape index (κ1) is 17.5. The third-order valence-electron chi connectivity index (χ3n) is 4.45. The Balaban J connectivity index is 1.67. The van der Waals surface area contributed by atoms with Crippen LogP contribution in [0, 0.1) is 13.8 Å². The molecule has 0 atom stereocenters. The second-order valence-electron chi connectivity index (χ2n) is 6.32. The van der Waals surface area contributed by atoms with Gasteiger partial charge in [0.1, 0.15) is 11.6 Å². The first-order valence-corrected chi connectivity index (χ1v) is 9.79. The van der Waals surface area contributed by atoms with Crippen LogP contribution in [0.15, 0.2) is 70.3 Å². The highest BCUT2D eigenvalue weighted by Gasteiger charge is 2.17. The minimum atomic E-state index is 0.731. The van der Waals surface area contributed by atoms with E-state index < -0.39 is 0 Å². The molecule has 0 N–H and O–H groups in total. The summed E-state index contributed by atoms with van der Waals surface area (Å²) in [6.45, 7) is 3.91. The van der Waals surface area contributed by atoms with Gasteiger partial charge in [-0.05, 0) is 31.5 Å². The van der Waals surface area contributed by atoms with Gasteiger partial charge in [0.15, 0.2) is 5.16 Å². The lowest BCUT2D eigenvalue weighted by Gasteiger charge is -2.10. The molecule has 2 heterocycles. The molecule has 5 nitrogen and oxygen atoms in total. The number of para-hydroxylation sites is 1. The number of rotatable bonds is 6. The van der Waals surface area contributed by atoms with E-state index in [9.17, 15) is 0 Å². The Morgan fingerprint density at radius 3 is 2.30 bits per heavy atom. The zero-order valence-electron chi connectivity index (χ0n) is 15.3. The van der Waals surface area contributed by atoms with E-state index in [1.54, 1.807) is 11.8 Å². The lowest BCUT2D eigenvalue weighted by Crippen LogP contribution is -2.03. The maximum Gasteiger partial charge on any atom is 0.196 e. The number of aryl methyl sites for hydroxylation is 2. The molecule has 0 radical (unpaired) electrons. The van der Waals surface area contributed by atoms with Gasteiger partial charge in [0.05, 0.1) is 5.69 Å². The average Bonchev–Trinajstić information content (AvgIpc) is 3.24. The van der Waals surface area contributed by atoms with E-state index in [4.69, 9.17) is 4.52 Å². The Morgan fingerprint density at radius 1 is 0.926 bits per heavy atom. The molecule has 0 fully saturated rings. The van der Waals surface area contributed by atoms with Gasteiger partial charge >= 0.3 is 0 Å². The van der Waals surface area contributed by atoms with E-state index in [0.717, 1.165) is 45.9 Å². The van der Waals surface area contributed by atoms with E-state index in [1.165, 1.54) is 5.56 Å². The van der Waals surface area contributed by atoms with Gasteiger partial charge in [-0.2, -0.15) is 0 Å². The highest BCUT2D eigenvalue weighted by Crippen LogP contribution is 2.28. The Labute approximate surface area is 162 Å². The van der Waals surface area contributed by atoms with Crippen molar-refractivity contribution >= 4 is 11.8 Å². The van der Waals surface area contributed by atoms with Gasteiger partial charge in [-0.1, -0.05) is 65.4 Å². The predicted molar refractivity (Wildman–Crippen MR) is 106 cm³/mol. The van der Waals surface area contributed by atoms with Crippen molar-refractivity contribution in [3.8, 4) is 5.69 Å². The van der Waals surface area contributed by atoms with Gasteiger partial charge in [0.25, 0.3) is 0 Å². The molecule has 0 amide bonds. The van der Waals surface area contributed by atoms with Gasteiger partial charge in [0.2, 0.25) is 0 Å². The van der Waals surface area contributed by atoms with Gasteiger partial charge < -0.3 is 4.52 Å². The fraction of sp³-hybridized carbons (Fsp3) is 0.190. The second kappa shape index (κ2) is 7.80. The van der Waals surface area contributed by atoms with E-state index in [-0.39, 0.29) is 0 Å². The zero-order chi connectivity index (χ0) is 18.6. The molecule has 27 heavy (non-hydrogen) atoms. The second-order valence-corrected chi connectivity index (χ2v) is 7.27. The van der Waals surface area contributed by atoms with Gasteiger partial charge in [0, 0.05) is 23.4 Å². The number of nitrogens with zero attached hydrogens (tertiary/aromatic N) is 4. The largest absolute Gasteiger partial charge is 0.361 e. The smallest absolute Gasteiger partial charge is 0.196 e. The van der Waals surface area contributed by atoms with Gasteiger partial charge in [-0.15, -0.1) is 10.2 Å². The molecule has 0 bridgehead atoms. The Bertz CT molecular complexity index is 1010. The standard InChI is InChI=1S/C21H20N4OS/c1-15-19(16(2)26-24-15)14-27-21-23-22-20(13-17-9-5-3-6-10-17)25(21)18-11-7-4-8-12-18/h3-12H,13-14H2,1-2H3. The monoisotopic (exact) mass is 376 g/mol. The van der Waals surface area contributed by atoms with Crippen molar-refractivity contribution in [3.63, 3.8) is 0 Å². The fourth-order valence-electron chi connectivity index (χ4n) is 2.97. The van der Waals surface area contributed by atoms with Crippen molar-refractivity contribution in [1.82, 2.24) is 19.9 Å². The highest BCUT2D eigenvalue weighted by molar-refractivity contribution is 7.98. The molecule has 0 saturated carbocycles. The molecule has 0 unspecified atom stereocenters. The van der Waals surface area contributed by atoms with Crippen LogP contribution in [0.5, 0.6) is 0 Å². The topological polar surface area (TPSA) is 56.7 Å². The molecule has 2 aromatic carbocycles. The van der Waals surface area contributed by atoms with Crippen LogP contribution in [0.1, 0.15) is 28.4 Å². The minimum Gasteiger partial charge on any atom is -0.361 e. The zero-order valence-corrected chi connectivity index (χ0v) is 16.1. The average molecular weight is 376 g/mol. The number of hydrogen-bond acceptors (Lipinski definition) is 5. The molecule has 136 valence electrons. The highest BCUT2D eigenvalue weighted by atomic mass is 32.2. The van der Waals surface area contributed by atoms with Crippen LogP contribution in [0.2, 0.25) is 0 Å². The molecule has 0 aliphatic carbocycles. The van der Waals surface area contributed by atoms with Crippen LogP contribution in [-0.2, 0) is 12.2 Å². The Morgan fingerprint density at radius 2 is 1.63 bits per heavy atom. The van der Waals surface area contributed by atoms with Crippen molar-refractivity contribution < 1.29 is 4.52 Å². The molecular formula is C21H20N4OS. The van der Waals surface area contributed by atoms with Crippen molar-refractivity contribution in [2.75, 3.05) is 0 Å². The molecule has 4 aromatic rings. The quantitative estimate of drug-likeness (QED) is 0.454. The maximum absolute atomic E-state index is 5.28. The Kier molecular flexibility index (Phi) is 5.07. The Hall–Kier alpha value is -2.86. The molecule has 0 aliphatic rings. The minimum absolute atomic E-state index is 0.731. The summed E-state index contributed by atoms with van der Waals surface area (Å²) < 4.78 is 7.41. The number of thioether (sulfide) groups is 1. The summed E-state index contributed by atoms with van der Waals surface area (Å²) in [4.78, 5) is 0. The van der Waals surface area contributed by atoms with E-state index in [1.807, 2.05) is 50.2 Å². The van der Waals surface area contributed by atoms with Crippen molar-refractivity contribution in [1.29, 1.82) is 0 Å². The summed E-state index contributed by atoms with van der Waals surface area (Å²) in [6, 6.07) is 20.6. The summed E-state index contributed by atoms with van der Waals surface area (Å²) in [6.07, 6.45) is 0.731. The predicted octanol–water partition coefficient (Wildman–Crippen LogP) is 4.76. The van der Waals surface area contributed by atoms with Crippen LogP contribution in [-0.4, -0.2) is 19.9 Å². The summed E-state index contributed by atoms with van der Waals surface area (Å²) in [5.41, 5.74) is 4.32. The SMILES string of the molecule is Cc1noc(C)c1CSc1nnc(Cc2ccccc2)n1-c1ccccc1. The lowest BCUT2D eigenvalue weighted by molar-refractivity contribution is 0.392. The molecule has 4 rings (SSSR count). The van der Waals surface area contributed by atoms with E-state index >= 15 is 0 Å². The van der Waals surface area contributed by atoms with Crippen LogP contribution in [0.25, 0.3) is 5.69 Å². The third-order valence-corrected chi connectivity index (χ3v) is 5.40. The third kappa shape index (κ3) is 3.80. The number of aromatic nitrogens is 4. The van der Waals surface area contributed by atoms with E-state index in [2.05, 4.69) is 44.2 Å². The number of benzene rings is 2. The number of hydrogen-bond donors (Lipinski definition) is 0. The summed E-state index contributed by atoms with van der Waals surface area (Å²) in [5.74, 6) is 2.53.